The van der Waals surface area contributed by atoms with E-state index in [1.807, 2.05) is 12.1 Å². The van der Waals surface area contributed by atoms with Crippen LogP contribution < -0.4 is 0 Å². The molecule has 1 heterocycles. The zero-order valence-corrected chi connectivity index (χ0v) is 9.86. The second-order valence-electron chi connectivity index (χ2n) is 4.24. The summed E-state index contributed by atoms with van der Waals surface area (Å²) >= 11 is 0. The summed E-state index contributed by atoms with van der Waals surface area (Å²) in [6.45, 7) is 7.51. The Morgan fingerprint density at radius 2 is 2.19 bits per heavy atom. The largest absolute Gasteiger partial charge is 0.460 e. The van der Waals surface area contributed by atoms with Gasteiger partial charge in [-0.2, -0.15) is 0 Å². The van der Waals surface area contributed by atoms with Crippen LogP contribution in [-0.4, -0.2) is 18.5 Å². The lowest BCUT2D eigenvalue weighted by Crippen LogP contribution is -2.16. The monoisotopic (exact) mass is 215 g/mol. The van der Waals surface area contributed by atoms with Gasteiger partial charge < -0.3 is 4.42 Å². The van der Waals surface area contributed by atoms with E-state index in [2.05, 4.69) is 43.6 Å². The number of furan rings is 1. The molecule has 0 N–H and O–H groups in total. The molecule has 16 heavy (non-hydrogen) atoms. The van der Waals surface area contributed by atoms with Crippen LogP contribution in [-0.2, 0) is 6.54 Å². The maximum atomic E-state index is 5.76. The second kappa shape index (κ2) is 4.54. The van der Waals surface area contributed by atoms with E-state index in [4.69, 9.17) is 4.42 Å². The van der Waals surface area contributed by atoms with Gasteiger partial charge in [-0.25, -0.2) is 0 Å². The van der Waals surface area contributed by atoms with E-state index in [-0.39, 0.29) is 0 Å². The first-order valence-corrected chi connectivity index (χ1v) is 5.47. The van der Waals surface area contributed by atoms with E-state index in [0.717, 1.165) is 24.4 Å². The van der Waals surface area contributed by atoms with Crippen LogP contribution >= 0.6 is 0 Å². The number of hydrogen-bond donors (Lipinski definition) is 0. The highest BCUT2D eigenvalue weighted by atomic mass is 16.3. The summed E-state index contributed by atoms with van der Waals surface area (Å²) in [5, 5.41) is 1.18. The molecular formula is C14H17NO. The van der Waals surface area contributed by atoms with Crippen LogP contribution in [0.25, 0.3) is 11.0 Å². The Kier molecular flexibility index (Phi) is 3.11. The minimum absolute atomic E-state index is 0.819. The summed E-state index contributed by atoms with van der Waals surface area (Å²) in [4.78, 5) is 2.16. The highest BCUT2D eigenvalue weighted by molar-refractivity contribution is 5.78. The molecule has 0 spiro atoms. The highest BCUT2D eigenvalue weighted by Gasteiger charge is 2.05. The van der Waals surface area contributed by atoms with Crippen LogP contribution in [0.1, 0.15) is 11.3 Å². The van der Waals surface area contributed by atoms with Gasteiger partial charge in [-0.05, 0) is 32.2 Å². The summed E-state index contributed by atoms with van der Waals surface area (Å²) in [6.07, 6.45) is 1.90. The van der Waals surface area contributed by atoms with Crippen molar-refractivity contribution in [3.8, 4) is 0 Å². The van der Waals surface area contributed by atoms with Crippen molar-refractivity contribution in [3.63, 3.8) is 0 Å². The van der Waals surface area contributed by atoms with Gasteiger partial charge in [0.15, 0.2) is 0 Å². The molecule has 0 aliphatic rings. The minimum atomic E-state index is 0.819. The summed E-state index contributed by atoms with van der Waals surface area (Å²) in [5.41, 5.74) is 2.23. The summed E-state index contributed by atoms with van der Waals surface area (Å²) < 4.78 is 5.76. The normalized spacial score (nSPS) is 11.2. The van der Waals surface area contributed by atoms with Gasteiger partial charge in [0.25, 0.3) is 0 Å². The van der Waals surface area contributed by atoms with Crippen molar-refractivity contribution in [2.75, 3.05) is 13.6 Å². The maximum Gasteiger partial charge on any atom is 0.134 e. The maximum absolute atomic E-state index is 5.76. The standard InChI is InChI=1S/C14H17NO/c1-4-7-15(3)10-13-9-12-8-11(2)5-6-14(12)16-13/h4-6,8-9H,1,7,10H2,2-3H3. The fraction of sp³-hybridized carbons (Fsp3) is 0.286. The number of benzene rings is 1. The van der Waals surface area contributed by atoms with Gasteiger partial charge in [0, 0.05) is 11.9 Å². The molecule has 2 rings (SSSR count). The molecule has 0 aliphatic carbocycles. The average Bonchev–Trinajstić information content (AvgIpc) is 2.59. The third kappa shape index (κ3) is 2.34. The molecule has 2 aromatic rings. The molecule has 0 fully saturated rings. The van der Waals surface area contributed by atoms with E-state index in [0.29, 0.717) is 0 Å². The van der Waals surface area contributed by atoms with Crippen molar-refractivity contribution in [2.24, 2.45) is 0 Å². The molecule has 2 nitrogen and oxygen atoms in total. The first-order valence-electron chi connectivity index (χ1n) is 5.47. The molecule has 0 aliphatic heterocycles. The predicted octanol–water partition coefficient (Wildman–Crippen LogP) is 3.36. The van der Waals surface area contributed by atoms with Gasteiger partial charge in [0.2, 0.25) is 0 Å². The van der Waals surface area contributed by atoms with Gasteiger partial charge in [-0.15, -0.1) is 6.58 Å². The van der Waals surface area contributed by atoms with E-state index in [9.17, 15) is 0 Å². The second-order valence-corrected chi connectivity index (χ2v) is 4.24. The molecule has 0 atom stereocenters. The molecule has 0 radical (unpaired) electrons. The highest BCUT2D eigenvalue weighted by Crippen LogP contribution is 2.21. The molecule has 0 unspecified atom stereocenters. The van der Waals surface area contributed by atoms with Crippen LogP contribution in [0.2, 0.25) is 0 Å². The lowest BCUT2D eigenvalue weighted by Gasteiger charge is -2.11. The van der Waals surface area contributed by atoms with Crippen LogP contribution in [0.4, 0.5) is 0 Å². The van der Waals surface area contributed by atoms with E-state index < -0.39 is 0 Å². The van der Waals surface area contributed by atoms with E-state index in [1.165, 1.54) is 10.9 Å². The fourth-order valence-corrected chi connectivity index (χ4v) is 1.85. The van der Waals surface area contributed by atoms with Gasteiger partial charge in [0.1, 0.15) is 11.3 Å². The molecule has 0 amide bonds. The molecule has 2 heteroatoms. The number of likely N-dealkylation sites (N-methyl/N-ethyl adjacent to an activating group) is 1. The first-order chi connectivity index (χ1) is 7.69. The smallest absolute Gasteiger partial charge is 0.134 e. The number of fused-ring (bicyclic) bond motifs is 1. The van der Waals surface area contributed by atoms with E-state index in [1.54, 1.807) is 0 Å². The Morgan fingerprint density at radius 3 is 2.94 bits per heavy atom. The Bertz CT molecular complexity index is 498. The SMILES string of the molecule is C=CCN(C)Cc1cc2cc(C)ccc2o1. The van der Waals surface area contributed by atoms with Gasteiger partial charge in [-0.3, -0.25) is 4.90 Å². The molecular weight excluding hydrogens is 198 g/mol. The van der Waals surface area contributed by atoms with E-state index >= 15 is 0 Å². The van der Waals surface area contributed by atoms with Crippen molar-refractivity contribution >= 4 is 11.0 Å². The molecule has 0 saturated carbocycles. The van der Waals surface area contributed by atoms with Crippen molar-refractivity contribution in [1.82, 2.24) is 4.90 Å². The number of nitrogens with zero attached hydrogens (tertiary/aromatic N) is 1. The molecule has 1 aromatic heterocycles. The molecule has 0 saturated heterocycles. The number of rotatable bonds is 4. The number of aryl methyl sites for hydroxylation is 1. The Labute approximate surface area is 96.2 Å². The van der Waals surface area contributed by atoms with Crippen LogP contribution in [0, 0.1) is 6.92 Å². The first kappa shape index (κ1) is 11.0. The zero-order valence-electron chi connectivity index (χ0n) is 9.86. The number of hydrogen-bond acceptors (Lipinski definition) is 2. The van der Waals surface area contributed by atoms with Crippen LogP contribution in [0.15, 0.2) is 41.3 Å². The lowest BCUT2D eigenvalue weighted by molar-refractivity contribution is 0.328. The molecule has 1 aromatic carbocycles. The lowest BCUT2D eigenvalue weighted by atomic mass is 10.2. The Hall–Kier alpha value is -1.54. The van der Waals surface area contributed by atoms with Crippen molar-refractivity contribution in [2.45, 2.75) is 13.5 Å². The van der Waals surface area contributed by atoms with Gasteiger partial charge >= 0.3 is 0 Å². The third-order valence-electron chi connectivity index (χ3n) is 2.59. The van der Waals surface area contributed by atoms with Crippen LogP contribution in [0.3, 0.4) is 0 Å². The molecule has 0 bridgehead atoms. The van der Waals surface area contributed by atoms with Crippen molar-refractivity contribution in [3.05, 3.63) is 48.2 Å². The summed E-state index contributed by atoms with van der Waals surface area (Å²) in [5.74, 6) is 1.00. The Morgan fingerprint density at radius 1 is 1.38 bits per heavy atom. The van der Waals surface area contributed by atoms with Crippen molar-refractivity contribution < 1.29 is 4.42 Å². The summed E-state index contributed by atoms with van der Waals surface area (Å²) in [6, 6.07) is 8.36. The minimum Gasteiger partial charge on any atom is -0.460 e. The van der Waals surface area contributed by atoms with Crippen molar-refractivity contribution in [1.29, 1.82) is 0 Å². The topological polar surface area (TPSA) is 16.4 Å². The van der Waals surface area contributed by atoms with Crippen LogP contribution in [0.5, 0.6) is 0 Å². The fourth-order valence-electron chi connectivity index (χ4n) is 1.85. The predicted molar refractivity (Wildman–Crippen MR) is 67.5 cm³/mol. The third-order valence-corrected chi connectivity index (χ3v) is 2.59. The van der Waals surface area contributed by atoms with Gasteiger partial charge in [-0.1, -0.05) is 17.7 Å². The summed E-state index contributed by atoms with van der Waals surface area (Å²) in [7, 11) is 2.06. The molecule has 84 valence electrons. The zero-order chi connectivity index (χ0) is 11.5. The Balaban J connectivity index is 2.22. The van der Waals surface area contributed by atoms with Gasteiger partial charge in [0.05, 0.1) is 6.54 Å². The average molecular weight is 215 g/mol. The quantitative estimate of drug-likeness (QED) is 0.727.